The largest absolute Gasteiger partial charge is 0.411 e. The van der Waals surface area contributed by atoms with E-state index in [2.05, 4.69) is 25.4 Å². The van der Waals surface area contributed by atoms with Gasteiger partial charge in [0.05, 0.1) is 18.1 Å². The molecule has 1 aliphatic carbocycles. The van der Waals surface area contributed by atoms with Crippen LogP contribution in [0.1, 0.15) is 19.4 Å². The molecule has 0 aliphatic heterocycles. The third kappa shape index (κ3) is 1.92. The van der Waals surface area contributed by atoms with E-state index >= 15 is 0 Å². The van der Waals surface area contributed by atoms with Crippen LogP contribution < -0.4 is 5.32 Å². The van der Waals surface area contributed by atoms with E-state index in [1.54, 1.807) is 6.33 Å². The summed E-state index contributed by atoms with van der Waals surface area (Å²) < 4.78 is 1.96. The highest BCUT2D eigenvalue weighted by atomic mass is 16.4. The number of hydrogen-bond acceptors (Lipinski definition) is 6. The second-order valence-electron chi connectivity index (χ2n) is 4.30. The fourth-order valence-electron chi connectivity index (χ4n) is 2.23. The summed E-state index contributed by atoms with van der Waals surface area (Å²) in [6.45, 7) is 2.79. The van der Waals surface area contributed by atoms with Gasteiger partial charge in [0.15, 0.2) is 11.5 Å². The van der Waals surface area contributed by atoms with Crippen LogP contribution in [0.25, 0.3) is 11.2 Å². The molecule has 0 amide bonds. The summed E-state index contributed by atoms with van der Waals surface area (Å²) in [6.07, 6.45) is 7.70. The monoisotopic (exact) mass is 258 g/mol. The number of anilines is 1. The third-order valence-electron chi connectivity index (χ3n) is 3.12. The summed E-state index contributed by atoms with van der Waals surface area (Å²) in [5.41, 5.74) is 2.19. The maximum Gasteiger partial charge on any atom is 0.165 e. The number of imidazole rings is 1. The molecule has 2 heterocycles. The molecule has 1 atom stereocenters. The van der Waals surface area contributed by atoms with Gasteiger partial charge >= 0.3 is 0 Å². The van der Waals surface area contributed by atoms with E-state index in [1.165, 1.54) is 6.33 Å². The number of allylic oxidation sites excluding steroid dienone is 2. The molecule has 0 saturated carbocycles. The summed E-state index contributed by atoms with van der Waals surface area (Å²) in [5, 5.41) is 15.2. The van der Waals surface area contributed by atoms with Crippen LogP contribution in [-0.2, 0) is 0 Å². The Hall–Kier alpha value is -2.44. The summed E-state index contributed by atoms with van der Waals surface area (Å²) >= 11 is 0. The number of oxime groups is 1. The molecule has 0 radical (unpaired) electrons. The zero-order valence-electron chi connectivity index (χ0n) is 10.5. The molecule has 2 aromatic rings. The summed E-state index contributed by atoms with van der Waals surface area (Å²) in [5.74, 6) is 0.740. The van der Waals surface area contributed by atoms with E-state index in [9.17, 15) is 0 Å². The highest BCUT2D eigenvalue weighted by molar-refractivity contribution is 5.97. The maximum absolute atomic E-state index is 8.78. The van der Waals surface area contributed by atoms with Crippen LogP contribution in [0.4, 0.5) is 5.82 Å². The van der Waals surface area contributed by atoms with E-state index in [0.717, 1.165) is 23.5 Å². The van der Waals surface area contributed by atoms with Crippen LogP contribution in [0.3, 0.4) is 0 Å². The van der Waals surface area contributed by atoms with Gasteiger partial charge in [0, 0.05) is 13.0 Å². The predicted octanol–water partition coefficient (Wildman–Crippen LogP) is 1.59. The van der Waals surface area contributed by atoms with Gasteiger partial charge in [0.1, 0.15) is 11.8 Å². The van der Waals surface area contributed by atoms with E-state index in [-0.39, 0.29) is 6.04 Å². The molecule has 2 N–H and O–H groups in total. The van der Waals surface area contributed by atoms with Gasteiger partial charge in [-0.25, -0.2) is 15.0 Å². The molecule has 0 saturated heterocycles. The van der Waals surface area contributed by atoms with Crippen LogP contribution in [-0.4, -0.2) is 37.0 Å². The third-order valence-corrected chi connectivity index (χ3v) is 3.12. The second kappa shape index (κ2) is 4.68. The van der Waals surface area contributed by atoms with Crippen molar-refractivity contribution in [1.82, 2.24) is 19.5 Å². The van der Waals surface area contributed by atoms with Crippen LogP contribution in [0, 0.1) is 0 Å². The Morgan fingerprint density at radius 1 is 1.47 bits per heavy atom. The minimum atomic E-state index is 0.0836. The van der Waals surface area contributed by atoms with Gasteiger partial charge in [-0.3, -0.25) is 0 Å². The van der Waals surface area contributed by atoms with Crippen LogP contribution in [0.2, 0.25) is 0 Å². The molecule has 1 aliphatic rings. The molecule has 0 fully saturated rings. The first kappa shape index (κ1) is 11.6. The second-order valence-corrected chi connectivity index (χ2v) is 4.30. The molecule has 0 unspecified atom stereocenters. The molecule has 2 aromatic heterocycles. The summed E-state index contributed by atoms with van der Waals surface area (Å²) in [7, 11) is 0. The number of fused-ring (bicyclic) bond motifs is 1. The minimum absolute atomic E-state index is 0.0836. The Labute approximate surface area is 109 Å². The average molecular weight is 258 g/mol. The molecule has 0 spiro atoms. The molecule has 3 rings (SSSR count). The number of nitrogens with zero attached hydrogens (tertiary/aromatic N) is 5. The van der Waals surface area contributed by atoms with Gasteiger partial charge in [-0.2, -0.15) is 0 Å². The molecule has 98 valence electrons. The lowest BCUT2D eigenvalue weighted by Crippen LogP contribution is -2.06. The highest BCUT2D eigenvalue weighted by Crippen LogP contribution is 2.26. The van der Waals surface area contributed by atoms with E-state index < -0.39 is 0 Å². The topological polar surface area (TPSA) is 88.2 Å². The Morgan fingerprint density at radius 2 is 2.37 bits per heavy atom. The first-order valence-corrected chi connectivity index (χ1v) is 6.14. The lowest BCUT2D eigenvalue weighted by molar-refractivity contribution is 0.318. The lowest BCUT2D eigenvalue weighted by Gasteiger charge is -2.10. The number of hydrogen-bond donors (Lipinski definition) is 2. The van der Waals surface area contributed by atoms with Crippen molar-refractivity contribution in [2.45, 2.75) is 19.4 Å². The maximum atomic E-state index is 8.78. The standard InChI is InChI=1S/C12H14N6O/c1-2-13-11-10-12(15-6-14-11)18(7-16-10)9-4-3-8(5-9)17-19/h3-4,6-7,9,19H,2,5H2,1H3,(H,13,14,15)/b17-8-/t9-/m1/s1. The van der Waals surface area contributed by atoms with E-state index in [0.29, 0.717) is 12.1 Å². The summed E-state index contributed by atoms with van der Waals surface area (Å²) in [6, 6.07) is 0.0836. The van der Waals surface area contributed by atoms with Gasteiger partial charge in [0.25, 0.3) is 0 Å². The van der Waals surface area contributed by atoms with Gasteiger partial charge in [0.2, 0.25) is 0 Å². The number of nitrogens with one attached hydrogen (secondary N) is 1. The van der Waals surface area contributed by atoms with Crippen molar-refractivity contribution in [3.63, 3.8) is 0 Å². The van der Waals surface area contributed by atoms with Gasteiger partial charge in [-0.15, -0.1) is 0 Å². The highest BCUT2D eigenvalue weighted by Gasteiger charge is 2.20. The van der Waals surface area contributed by atoms with Crippen LogP contribution >= 0.6 is 0 Å². The van der Waals surface area contributed by atoms with Crippen molar-refractivity contribution < 1.29 is 5.21 Å². The molecule has 7 nitrogen and oxygen atoms in total. The van der Waals surface area contributed by atoms with Gasteiger partial charge in [-0.05, 0) is 13.0 Å². The lowest BCUT2D eigenvalue weighted by atomic mass is 10.2. The number of rotatable bonds is 3. The predicted molar refractivity (Wildman–Crippen MR) is 71.5 cm³/mol. The van der Waals surface area contributed by atoms with Crippen molar-refractivity contribution in [3.8, 4) is 0 Å². The average Bonchev–Trinajstić information content (AvgIpc) is 3.05. The molecule has 19 heavy (non-hydrogen) atoms. The van der Waals surface area contributed by atoms with Gasteiger partial charge < -0.3 is 15.1 Å². The summed E-state index contributed by atoms with van der Waals surface area (Å²) in [4.78, 5) is 12.9. The van der Waals surface area contributed by atoms with Crippen molar-refractivity contribution in [2.75, 3.05) is 11.9 Å². The van der Waals surface area contributed by atoms with Crippen molar-refractivity contribution >= 4 is 22.7 Å². The van der Waals surface area contributed by atoms with Crippen LogP contribution in [0.15, 0.2) is 30.0 Å². The molecule has 0 aromatic carbocycles. The normalized spacial score (nSPS) is 20.5. The minimum Gasteiger partial charge on any atom is -0.411 e. The Bertz CT molecular complexity index is 659. The SMILES string of the molecule is CCNc1ncnc2c1ncn2[C@@H]1C=C/C(=N/O)C1. The Morgan fingerprint density at radius 3 is 3.11 bits per heavy atom. The smallest absolute Gasteiger partial charge is 0.165 e. The van der Waals surface area contributed by atoms with E-state index in [4.69, 9.17) is 5.21 Å². The Balaban J connectivity index is 2.02. The fraction of sp³-hybridized carbons (Fsp3) is 0.333. The Kier molecular flexibility index (Phi) is 2.86. The van der Waals surface area contributed by atoms with Crippen molar-refractivity contribution in [2.24, 2.45) is 5.16 Å². The van der Waals surface area contributed by atoms with Crippen LogP contribution in [0.5, 0.6) is 0 Å². The first-order valence-electron chi connectivity index (χ1n) is 6.14. The molecule has 7 heteroatoms. The van der Waals surface area contributed by atoms with E-state index in [1.807, 2.05) is 23.6 Å². The fourth-order valence-corrected chi connectivity index (χ4v) is 2.23. The quantitative estimate of drug-likeness (QED) is 0.644. The molecular weight excluding hydrogens is 244 g/mol. The first-order chi connectivity index (χ1) is 9.33. The molecular formula is C12H14N6O. The van der Waals surface area contributed by atoms with Crippen molar-refractivity contribution in [1.29, 1.82) is 0 Å². The molecule has 0 bridgehead atoms. The zero-order chi connectivity index (χ0) is 13.2. The van der Waals surface area contributed by atoms with Gasteiger partial charge in [-0.1, -0.05) is 11.2 Å². The number of aromatic nitrogens is 4. The zero-order valence-corrected chi connectivity index (χ0v) is 10.5. The van der Waals surface area contributed by atoms with Crippen molar-refractivity contribution in [3.05, 3.63) is 24.8 Å².